The first-order valence-corrected chi connectivity index (χ1v) is 11.4. The van der Waals surface area contributed by atoms with Crippen molar-refractivity contribution in [3.63, 3.8) is 0 Å². The van der Waals surface area contributed by atoms with Gasteiger partial charge in [-0.2, -0.15) is 0 Å². The third kappa shape index (κ3) is 3.50. The summed E-state index contributed by atoms with van der Waals surface area (Å²) in [7, 11) is 0. The Kier molecular flexibility index (Phi) is 5.03. The van der Waals surface area contributed by atoms with Gasteiger partial charge in [-0.25, -0.2) is 0 Å². The van der Waals surface area contributed by atoms with Crippen molar-refractivity contribution >= 4 is 16.6 Å². The SMILES string of the molecule is Cc1cc(-c2cccc3c(C)c[nH]c23)c(C#Cc2cccnc2)c2c1NC(C)(C)C(O)C2C. The fourth-order valence-electron chi connectivity index (χ4n) is 5.08. The molecule has 0 bridgehead atoms. The largest absolute Gasteiger partial charge is 0.390 e. The van der Waals surface area contributed by atoms with Crippen LogP contribution in [0.1, 0.15) is 54.5 Å². The number of hydrogen-bond acceptors (Lipinski definition) is 3. The molecule has 1 aliphatic heterocycles. The number of fused-ring (bicyclic) bond motifs is 2. The number of aliphatic hydroxyl groups excluding tert-OH is 1. The number of rotatable bonds is 1. The molecular formula is C29H29N3O. The lowest BCUT2D eigenvalue weighted by Gasteiger charge is -2.43. The first-order valence-electron chi connectivity index (χ1n) is 11.4. The highest BCUT2D eigenvalue weighted by atomic mass is 16.3. The van der Waals surface area contributed by atoms with E-state index in [1.54, 1.807) is 12.4 Å². The van der Waals surface area contributed by atoms with E-state index in [1.807, 2.05) is 26.0 Å². The van der Waals surface area contributed by atoms with Crippen LogP contribution >= 0.6 is 0 Å². The second kappa shape index (κ2) is 7.79. The third-order valence-corrected chi connectivity index (χ3v) is 6.88. The zero-order valence-corrected chi connectivity index (χ0v) is 19.7. The molecule has 166 valence electrons. The van der Waals surface area contributed by atoms with Gasteiger partial charge in [-0.15, -0.1) is 0 Å². The molecule has 0 saturated heterocycles. The summed E-state index contributed by atoms with van der Waals surface area (Å²) in [4.78, 5) is 7.67. The molecule has 33 heavy (non-hydrogen) atoms. The highest BCUT2D eigenvalue weighted by Crippen LogP contribution is 2.46. The Morgan fingerprint density at radius 3 is 2.61 bits per heavy atom. The molecule has 4 aromatic rings. The minimum Gasteiger partial charge on any atom is -0.390 e. The number of hydrogen-bond donors (Lipinski definition) is 3. The van der Waals surface area contributed by atoms with Crippen molar-refractivity contribution in [1.29, 1.82) is 0 Å². The predicted molar refractivity (Wildman–Crippen MR) is 136 cm³/mol. The second-order valence-electron chi connectivity index (χ2n) is 9.68. The summed E-state index contributed by atoms with van der Waals surface area (Å²) in [5, 5.41) is 16.0. The van der Waals surface area contributed by atoms with E-state index in [-0.39, 0.29) is 5.92 Å². The fraction of sp³-hybridized carbons (Fsp3) is 0.276. The number of benzene rings is 2. The van der Waals surface area contributed by atoms with E-state index in [4.69, 9.17) is 0 Å². The van der Waals surface area contributed by atoms with Crippen LogP contribution in [0.15, 0.2) is 55.0 Å². The molecule has 2 atom stereocenters. The van der Waals surface area contributed by atoms with E-state index >= 15 is 0 Å². The Morgan fingerprint density at radius 1 is 1.03 bits per heavy atom. The Labute approximate surface area is 195 Å². The number of nitrogens with one attached hydrogen (secondary N) is 2. The van der Waals surface area contributed by atoms with Gasteiger partial charge >= 0.3 is 0 Å². The lowest BCUT2D eigenvalue weighted by molar-refractivity contribution is 0.0868. The summed E-state index contributed by atoms with van der Waals surface area (Å²) < 4.78 is 0. The molecule has 3 heterocycles. The maximum absolute atomic E-state index is 11.2. The van der Waals surface area contributed by atoms with Gasteiger partial charge in [-0.1, -0.05) is 37.0 Å². The molecule has 2 aromatic carbocycles. The van der Waals surface area contributed by atoms with Crippen molar-refractivity contribution in [2.45, 2.75) is 52.2 Å². The molecule has 0 aliphatic carbocycles. The van der Waals surface area contributed by atoms with E-state index in [2.05, 4.69) is 78.4 Å². The highest BCUT2D eigenvalue weighted by Gasteiger charge is 2.40. The van der Waals surface area contributed by atoms with Crippen molar-refractivity contribution in [2.24, 2.45) is 0 Å². The smallest absolute Gasteiger partial charge is 0.0831 e. The maximum atomic E-state index is 11.2. The topological polar surface area (TPSA) is 60.9 Å². The van der Waals surface area contributed by atoms with Crippen LogP contribution in [0, 0.1) is 25.7 Å². The molecule has 4 nitrogen and oxygen atoms in total. The standard InChI is InChI=1S/C29H29N3O/c1-17-14-24(23-10-6-9-21-18(2)15-31-27(21)23)22(12-11-20-8-7-13-30-16-20)25-19(3)28(33)29(4,5)32-26(17)25/h6-10,13-16,19,28,31-33H,1-5H3. The van der Waals surface area contributed by atoms with Crippen LogP contribution in [-0.4, -0.2) is 26.7 Å². The summed E-state index contributed by atoms with van der Waals surface area (Å²) in [6.07, 6.45) is 5.05. The molecule has 0 amide bonds. The van der Waals surface area contributed by atoms with Gasteiger partial charge in [0, 0.05) is 57.8 Å². The fourth-order valence-corrected chi connectivity index (χ4v) is 5.08. The van der Waals surface area contributed by atoms with Crippen molar-refractivity contribution in [1.82, 2.24) is 9.97 Å². The quantitative estimate of drug-likeness (QED) is 0.326. The molecule has 0 fully saturated rings. The Balaban J connectivity index is 1.83. The lowest BCUT2D eigenvalue weighted by atomic mass is 9.75. The van der Waals surface area contributed by atoms with E-state index < -0.39 is 11.6 Å². The molecular weight excluding hydrogens is 406 g/mol. The van der Waals surface area contributed by atoms with E-state index in [1.165, 1.54) is 10.9 Å². The average molecular weight is 436 g/mol. The minimum absolute atomic E-state index is 0.0716. The normalized spacial score (nSPS) is 18.8. The van der Waals surface area contributed by atoms with Gasteiger partial charge in [0.15, 0.2) is 0 Å². The monoisotopic (exact) mass is 435 g/mol. The van der Waals surface area contributed by atoms with Crippen LogP contribution < -0.4 is 5.32 Å². The number of H-pyrrole nitrogens is 1. The van der Waals surface area contributed by atoms with Crippen molar-refractivity contribution < 1.29 is 5.11 Å². The zero-order chi connectivity index (χ0) is 23.3. The molecule has 3 N–H and O–H groups in total. The molecule has 0 saturated carbocycles. The van der Waals surface area contributed by atoms with Gasteiger partial charge in [0.2, 0.25) is 0 Å². The molecule has 5 rings (SSSR count). The van der Waals surface area contributed by atoms with E-state index in [9.17, 15) is 5.11 Å². The molecule has 1 aliphatic rings. The average Bonchev–Trinajstić information content (AvgIpc) is 3.19. The summed E-state index contributed by atoms with van der Waals surface area (Å²) >= 11 is 0. The molecule has 0 radical (unpaired) electrons. The van der Waals surface area contributed by atoms with E-state index in [0.29, 0.717) is 0 Å². The van der Waals surface area contributed by atoms with Crippen LogP contribution in [0.3, 0.4) is 0 Å². The minimum atomic E-state index is -0.540. The zero-order valence-electron chi connectivity index (χ0n) is 19.7. The molecule has 2 aromatic heterocycles. The van der Waals surface area contributed by atoms with Crippen LogP contribution in [-0.2, 0) is 0 Å². The summed E-state index contributed by atoms with van der Waals surface area (Å²) in [5.41, 5.74) is 9.22. The van der Waals surface area contributed by atoms with E-state index in [0.717, 1.165) is 44.6 Å². The number of nitrogens with zero attached hydrogens (tertiary/aromatic N) is 1. The van der Waals surface area contributed by atoms with Gasteiger partial charge in [0.25, 0.3) is 0 Å². The van der Waals surface area contributed by atoms with Crippen LogP contribution in [0.25, 0.3) is 22.0 Å². The number of pyridine rings is 1. The summed E-state index contributed by atoms with van der Waals surface area (Å²) in [6.45, 7) is 10.5. The van der Waals surface area contributed by atoms with Crippen LogP contribution in [0.2, 0.25) is 0 Å². The van der Waals surface area contributed by atoms with Gasteiger partial charge in [-0.3, -0.25) is 4.98 Å². The first kappa shape index (κ1) is 21.3. The number of anilines is 1. The highest BCUT2D eigenvalue weighted by molar-refractivity contribution is 5.98. The third-order valence-electron chi connectivity index (χ3n) is 6.88. The van der Waals surface area contributed by atoms with Gasteiger partial charge in [-0.05, 0) is 62.6 Å². The Bertz CT molecular complexity index is 1420. The predicted octanol–water partition coefficient (Wildman–Crippen LogP) is 5.92. The van der Waals surface area contributed by atoms with Gasteiger partial charge in [0.1, 0.15) is 0 Å². The van der Waals surface area contributed by atoms with Crippen molar-refractivity contribution in [3.8, 4) is 23.0 Å². The van der Waals surface area contributed by atoms with Gasteiger partial charge in [0.05, 0.1) is 17.2 Å². The van der Waals surface area contributed by atoms with Crippen molar-refractivity contribution in [3.05, 3.63) is 82.8 Å². The number of aryl methyl sites for hydroxylation is 2. The molecule has 2 unspecified atom stereocenters. The van der Waals surface area contributed by atoms with Crippen molar-refractivity contribution in [2.75, 3.05) is 5.32 Å². The lowest BCUT2D eigenvalue weighted by Crippen LogP contribution is -2.50. The van der Waals surface area contributed by atoms with Crippen LogP contribution in [0.5, 0.6) is 0 Å². The van der Waals surface area contributed by atoms with Crippen LogP contribution in [0.4, 0.5) is 5.69 Å². The summed E-state index contributed by atoms with van der Waals surface area (Å²) in [6, 6.07) is 12.5. The second-order valence-corrected chi connectivity index (χ2v) is 9.68. The molecule has 4 heteroatoms. The Morgan fingerprint density at radius 2 is 1.85 bits per heavy atom. The first-order chi connectivity index (χ1) is 15.8. The number of aromatic nitrogens is 2. The number of aliphatic hydroxyl groups is 1. The Hall–Kier alpha value is -3.55. The summed E-state index contributed by atoms with van der Waals surface area (Å²) in [5.74, 6) is 6.72. The maximum Gasteiger partial charge on any atom is 0.0831 e. The number of aromatic amines is 1. The number of para-hydroxylation sites is 1. The van der Waals surface area contributed by atoms with Gasteiger partial charge < -0.3 is 15.4 Å². The molecule has 0 spiro atoms.